The highest BCUT2D eigenvalue weighted by molar-refractivity contribution is 5.29. The summed E-state index contributed by atoms with van der Waals surface area (Å²) in [7, 11) is 0. The van der Waals surface area contributed by atoms with Gasteiger partial charge in [0.05, 0.1) is 6.61 Å². The highest BCUT2D eigenvalue weighted by Gasteiger charge is 2.28. The summed E-state index contributed by atoms with van der Waals surface area (Å²) < 4.78 is 6.19. The summed E-state index contributed by atoms with van der Waals surface area (Å²) in [5, 5.41) is 0. The summed E-state index contributed by atoms with van der Waals surface area (Å²) >= 11 is 0. The monoisotopic (exact) mass is 368 g/mol. The molecule has 3 aliphatic rings. The Balaban J connectivity index is 1.19. The smallest absolute Gasteiger partial charge is 0.119 e. The van der Waals surface area contributed by atoms with E-state index in [0.717, 1.165) is 41.9 Å². The van der Waals surface area contributed by atoms with Gasteiger partial charge in [-0.25, -0.2) is 0 Å². The second kappa shape index (κ2) is 9.48. The second-order valence-corrected chi connectivity index (χ2v) is 10.0. The fourth-order valence-corrected chi connectivity index (χ4v) is 6.08. The first-order valence-corrected chi connectivity index (χ1v) is 12.0. The van der Waals surface area contributed by atoms with Crippen LogP contribution in [0.4, 0.5) is 0 Å². The van der Waals surface area contributed by atoms with Crippen molar-refractivity contribution in [1.82, 2.24) is 0 Å². The summed E-state index contributed by atoms with van der Waals surface area (Å²) in [6.07, 6.45) is 18.7. The molecule has 0 saturated heterocycles. The lowest BCUT2D eigenvalue weighted by Crippen LogP contribution is -2.26. The topological polar surface area (TPSA) is 9.23 Å². The fraction of sp³-hybridized carbons (Fsp3) is 0.769. The molecule has 0 aliphatic heterocycles. The van der Waals surface area contributed by atoms with E-state index in [1.54, 1.807) is 0 Å². The maximum Gasteiger partial charge on any atom is 0.119 e. The van der Waals surface area contributed by atoms with E-state index < -0.39 is 0 Å². The Morgan fingerprint density at radius 1 is 0.704 bits per heavy atom. The molecule has 0 aromatic heterocycles. The first-order valence-electron chi connectivity index (χ1n) is 12.0. The predicted octanol–water partition coefficient (Wildman–Crippen LogP) is 7.75. The number of hydrogen-bond acceptors (Lipinski definition) is 1. The average Bonchev–Trinajstić information content (AvgIpc) is 2.74. The Kier molecular flexibility index (Phi) is 6.79. The first kappa shape index (κ1) is 19.3. The summed E-state index contributed by atoms with van der Waals surface area (Å²) in [6.45, 7) is 3.33. The van der Waals surface area contributed by atoms with Crippen LogP contribution in [0, 0.1) is 23.7 Å². The van der Waals surface area contributed by atoms with Crippen LogP contribution in [0.25, 0.3) is 0 Å². The van der Waals surface area contributed by atoms with Crippen LogP contribution in [0.2, 0.25) is 0 Å². The Morgan fingerprint density at radius 3 is 2.00 bits per heavy atom. The lowest BCUT2D eigenvalue weighted by atomic mass is 9.71. The van der Waals surface area contributed by atoms with Gasteiger partial charge in [-0.15, -0.1) is 0 Å². The van der Waals surface area contributed by atoms with Crippen molar-refractivity contribution in [2.45, 2.75) is 96.3 Å². The van der Waals surface area contributed by atoms with E-state index in [1.807, 2.05) is 0 Å². The molecule has 1 aromatic rings. The molecule has 0 radical (unpaired) electrons. The molecule has 1 nitrogen and oxygen atoms in total. The van der Waals surface area contributed by atoms with Crippen LogP contribution in [0.3, 0.4) is 0 Å². The molecule has 3 saturated carbocycles. The van der Waals surface area contributed by atoms with Crippen LogP contribution in [-0.2, 0) is 0 Å². The molecule has 150 valence electrons. The van der Waals surface area contributed by atoms with Crippen molar-refractivity contribution < 1.29 is 4.74 Å². The van der Waals surface area contributed by atoms with Gasteiger partial charge in [0.25, 0.3) is 0 Å². The van der Waals surface area contributed by atoms with Gasteiger partial charge >= 0.3 is 0 Å². The molecule has 1 aromatic carbocycles. The SMILES string of the molecule is CC1CCC(c2ccc(OCC3CCC(C4CCCCC4)CC3)cc2)CC1. The van der Waals surface area contributed by atoms with Crippen LogP contribution < -0.4 is 4.74 Å². The second-order valence-electron chi connectivity index (χ2n) is 10.0. The number of ether oxygens (including phenoxy) is 1. The first-order chi connectivity index (χ1) is 13.3. The van der Waals surface area contributed by atoms with E-state index in [9.17, 15) is 0 Å². The van der Waals surface area contributed by atoms with Crippen LogP contribution in [-0.4, -0.2) is 6.61 Å². The van der Waals surface area contributed by atoms with Gasteiger partial charge in [0.15, 0.2) is 0 Å². The third-order valence-corrected chi connectivity index (χ3v) is 8.06. The molecule has 0 unspecified atom stereocenters. The van der Waals surface area contributed by atoms with E-state index in [-0.39, 0.29) is 0 Å². The Labute approximate surface area is 167 Å². The highest BCUT2D eigenvalue weighted by atomic mass is 16.5. The highest BCUT2D eigenvalue weighted by Crippen LogP contribution is 2.40. The molecular formula is C26H40O. The van der Waals surface area contributed by atoms with Crippen molar-refractivity contribution >= 4 is 0 Å². The van der Waals surface area contributed by atoms with E-state index in [2.05, 4.69) is 31.2 Å². The minimum absolute atomic E-state index is 0.782. The van der Waals surface area contributed by atoms with Gasteiger partial charge in [0.1, 0.15) is 5.75 Å². The summed E-state index contributed by atoms with van der Waals surface area (Å²) in [4.78, 5) is 0. The van der Waals surface area contributed by atoms with Gasteiger partial charge in [0, 0.05) is 0 Å². The molecule has 27 heavy (non-hydrogen) atoms. The summed E-state index contributed by atoms with van der Waals surface area (Å²) in [5.41, 5.74) is 1.53. The molecule has 4 rings (SSSR count). The van der Waals surface area contributed by atoms with E-state index in [0.29, 0.717) is 0 Å². The maximum absolute atomic E-state index is 6.19. The largest absolute Gasteiger partial charge is 0.493 e. The van der Waals surface area contributed by atoms with Gasteiger partial charge in [0.2, 0.25) is 0 Å². The zero-order valence-electron chi connectivity index (χ0n) is 17.5. The quantitative estimate of drug-likeness (QED) is 0.516. The third kappa shape index (κ3) is 5.30. The molecule has 0 N–H and O–H groups in total. The molecule has 0 spiro atoms. The summed E-state index contributed by atoms with van der Waals surface area (Å²) in [5.74, 6) is 5.65. The van der Waals surface area contributed by atoms with E-state index in [1.165, 1.54) is 89.0 Å². The van der Waals surface area contributed by atoms with Crippen LogP contribution in [0.5, 0.6) is 5.75 Å². The van der Waals surface area contributed by atoms with Gasteiger partial charge < -0.3 is 4.74 Å². The van der Waals surface area contributed by atoms with Crippen molar-refractivity contribution in [3.05, 3.63) is 29.8 Å². The van der Waals surface area contributed by atoms with Gasteiger partial charge in [-0.2, -0.15) is 0 Å². The minimum atomic E-state index is 0.782. The Hall–Kier alpha value is -0.980. The molecule has 3 aliphatic carbocycles. The van der Waals surface area contributed by atoms with Crippen LogP contribution >= 0.6 is 0 Å². The molecule has 0 heterocycles. The lowest BCUT2D eigenvalue weighted by molar-refractivity contribution is 0.135. The Bertz CT molecular complexity index is 540. The van der Waals surface area contributed by atoms with Crippen molar-refractivity contribution in [3.63, 3.8) is 0 Å². The van der Waals surface area contributed by atoms with E-state index >= 15 is 0 Å². The standard InChI is InChI=1S/C26H40O/c1-20-7-11-23(12-8-20)25-15-17-26(18-16-25)27-19-21-9-13-24(14-10-21)22-5-3-2-4-6-22/h15-18,20-24H,2-14,19H2,1H3. The lowest BCUT2D eigenvalue weighted by Gasteiger charge is -2.35. The average molecular weight is 369 g/mol. The Morgan fingerprint density at radius 2 is 1.33 bits per heavy atom. The fourth-order valence-electron chi connectivity index (χ4n) is 6.08. The van der Waals surface area contributed by atoms with Crippen molar-refractivity contribution in [2.24, 2.45) is 23.7 Å². The number of rotatable bonds is 5. The number of benzene rings is 1. The maximum atomic E-state index is 6.19. The number of hydrogen-bond donors (Lipinski definition) is 0. The normalized spacial score (nSPS) is 32.9. The van der Waals surface area contributed by atoms with Gasteiger partial charge in [-0.3, -0.25) is 0 Å². The molecule has 0 amide bonds. The van der Waals surface area contributed by atoms with E-state index in [4.69, 9.17) is 4.74 Å². The van der Waals surface area contributed by atoms with Crippen LogP contribution in [0.1, 0.15) is 102 Å². The molecular weight excluding hydrogens is 328 g/mol. The molecule has 1 heteroatoms. The summed E-state index contributed by atoms with van der Waals surface area (Å²) in [6, 6.07) is 9.11. The third-order valence-electron chi connectivity index (χ3n) is 8.06. The zero-order valence-corrected chi connectivity index (χ0v) is 17.5. The predicted molar refractivity (Wildman–Crippen MR) is 114 cm³/mol. The van der Waals surface area contributed by atoms with Gasteiger partial charge in [-0.1, -0.05) is 64.0 Å². The molecule has 3 fully saturated rings. The van der Waals surface area contributed by atoms with Gasteiger partial charge in [-0.05, 0) is 85.8 Å². The zero-order chi connectivity index (χ0) is 18.5. The van der Waals surface area contributed by atoms with Crippen molar-refractivity contribution in [2.75, 3.05) is 6.61 Å². The van der Waals surface area contributed by atoms with Crippen molar-refractivity contribution in [1.29, 1.82) is 0 Å². The minimum Gasteiger partial charge on any atom is -0.493 e. The van der Waals surface area contributed by atoms with Crippen molar-refractivity contribution in [3.8, 4) is 5.75 Å². The molecule has 0 bridgehead atoms. The molecule has 0 atom stereocenters. The van der Waals surface area contributed by atoms with Crippen LogP contribution in [0.15, 0.2) is 24.3 Å².